The van der Waals surface area contributed by atoms with Gasteiger partial charge in [0.15, 0.2) is 0 Å². The topological polar surface area (TPSA) is 20.2 Å². The molecule has 0 radical (unpaired) electrons. The Kier molecular flexibility index (Phi) is 2.09. The third-order valence-corrected chi connectivity index (χ3v) is 3.97. The van der Waals surface area contributed by atoms with E-state index < -0.39 is 6.10 Å². The fourth-order valence-corrected chi connectivity index (χ4v) is 3.02. The highest BCUT2D eigenvalue weighted by Crippen LogP contribution is 2.35. The van der Waals surface area contributed by atoms with Gasteiger partial charge in [-0.1, -0.05) is 42.5 Å². The fraction of sp³-hybridized carbons (Fsp3) is 0.111. The van der Waals surface area contributed by atoms with Crippen LogP contribution in [0.4, 0.5) is 0 Å². The summed E-state index contributed by atoms with van der Waals surface area (Å²) in [6.07, 6.45) is -0.429. The molecule has 1 unspecified atom stereocenters. The van der Waals surface area contributed by atoms with E-state index in [2.05, 4.69) is 54.6 Å². The average molecular weight is 246 g/mol. The lowest BCUT2D eigenvalue weighted by atomic mass is 9.92. The molecule has 0 saturated carbocycles. The van der Waals surface area contributed by atoms with E-state index in [1.165, 1.54) is 32.3 Å². The summed E-state index contributed by atoms with van der Waals surface area (Å²) in [6, 6.07) is 19.2. The Morgan fingerprint density at radius 2 is 1.21 bits per heavy atom. The van der Waals surface area contributed by atoms with Crippen molar-refractivity contribution < 1.29 is 5.11 Å². The largest absolute Gasteiger partial charge is 0.389 e. The molecular formula is C18H14O. The number of hydrogen-bond donors (Lipinski definition) is 1. The molecule has 1 atom stereocenters. The van der Waals surface area contributed by atoms with Crippen molar-refractivity contribution in [1.29, 1.82) is 0 Å². The maximum atomic E-state index is 9.81. The van der Waals surface area contributed by atoms with Crippen molar-refractivity contribution in [2.75, 3.05) is 0 Å². The van der Waals surface area contributed by atoms with Crippen LogP contribution in [0.25, 0.3) is 32.3 Å². The van der Waals surface area contributed by atoms with E-state index in [1.54, 1.807) is 0 Å². The van der Waals surface area contributed by atoms with Crippen molar-refractivity contribution in [1.82, 2.24) is 0 Å². The summed E-state index contributed by atoms with van der Waals surface area (Å²) in [7, 11) is 0. The first kappa shape index (κ1) is 10.8. The van der Waals surface area contributed by atoms with E-state index in [0.717, 1.165) is 5.56 Å². The van der Waals surface area contributed by atoms with Crippen LogP contribution in [0.5, 0.6) is 0 Å². The van der Waals surface area contributed by atoms with Gasteiger partial charge in [0, 0.05) is 0 Å². The van der Waals surface area contributed by atoms with Crippen molar-refractivity contribution in [2.45, 2.75) is 13.0 Å². The van der Waals surface area contributed by atoms with Crippen LogP contribution < -0.4 is 0 Å². The minimum absolute atomic E-state index is 0.429. The average Bonchev–Trinajstić information content (AvgIpc) is 2.44. The molecule has 1 N–H and O–H groups in total. The van der Waals surface area contributed by atoms with Gasteiger partial charge in [0.25, 0.3) is 0 Å². The normalized spacial score (nSPS) is 13.6. The number of aliphatic hydroxyl groups excluding tert-OH is 1. The van der Waals surface area contributed by atoms with Crippen LogP contribution in [0.1, 0.15) is 18.6 Å². The van der Waals surface area contributed by atoms with Crippen molar-refractivity contribution in [2.24, 2.45) is 0 Å². The van der Waals surface area contributed by atoms with Gasteiger partial charge < -0.3 is 5.11 Å². The van der Waals surface area contributed by atoms with Crippen LogP contribution in [-0.4, -0.2) is 5.11 Å². The van der Waals surface area contributed by atoms with Crippen molar-refractivity contribution in [3.8, 4) is 0 Å². The lowest BCUT2D eigenvalue weighted by Crippen LogP contribution is -1.92. The zero-order valence-electron chi connectivity index (χ0n) is 10.7. The monoisotopic (exact) mass is 246 g/mol. The van der Waals surface area contributed by atoms with E-state index >= 15 is 0 Å². The highest BCUT2D eigenvalue weighted by atomic mass is 16.3. The van der Waals surface area contributed by atoms with Crippen LogP contribution in [0.2, 0.25) is 0 Å². The highest BCUT2D eigenvalue weighted by Gasteiger charge is 2.10. The Labute approximate surface area is 111 Å². The molecular weight excluding hydrogens is 232 g/mol. The van der Waals surface area contributed by atoms with E-state index in [9.17, 15) is 5.11 Å². The number of aliphatic hydroxyl groups is 1. The maximum absolute atomic E-state index is 9.81. The van der Waals surface area contributed by atoms with E-state index in [1.807, 2.05) is 6.92 Å². The summed E-state index contributed by atoms with van der Waals surface area (Å²) in [6.45, 7) is 1.81. The van der Waals surface area contributed by atoms with Crippen molar-refractivity contribution in [3.63, 3.8) is 0 Å². The van der Waals surface area contributed by atoms with Crippen molar-refractivity contribution in [3.05, 3.63) is 60.2 Å². The minimum atomic E-state index is -0.429. The molecule has 19 heavy (non-hydrogen) atoms. The lowest BCUT2D eigenvalue weighted by molar-refractivity contribution is 0.199. The number of benzene rings is 4. The molecule has 0 amide bonds. The smallest absolute Gasteiger partial charge is 0.0762 e. The maximum Gasteiger partial charge on any atom is 0.0762 e. The van der Waals surface area contributed by atoms with Gasteiger partial charge in [-0.2, -0.15) is 0 Å². The molecule has 4 aromatic rings. The molecule has 0 saturated heterocycles. The summed E-state index contributed by atoms with van der Waals surface area (Å²) in [5.41, 5.74) is 0.978. The zero-order chi connectivity index (χ0) is 13.0. The first-order valence-corrected chi connectivity index (χ1v) is 6.59. The second-order valence-electron chi connectivity index (χ2n) is 5.23. The fourth-order valence-electron chi connectivity index (χ4n) is 3.02. The quantitative estimate of drug-likeness (QED) is 0.485. The molecule has 0 aliphatic rings. The van der Waals surface area contributed by atoms with Gasteiger partial charge in [0.05, 0.1) is 6.10 Å². The Balaban J connectivity index is 2.28. The van der Waals surface area contributed by atoms with Crippen LogP contribution in [0.3, 0.4) is 0 Å². The minimum Gasteiger partial charge on any atom is -0.389 e. The molecule has 0 bridgehead atoms. The van der Waals surface area contributed by atoms with Gasteiger partial charge in [0.2, 0.25) is 0 Å². The van der Waals surface area contributed by atoms with E-state index in [0.29, 0.717) is 0 Å². The lowest BCUT2D eigenvalue weighted by Gasteiger charge is -2.13. The van der Waals surface area contributed by atoms with E-state index in [4.69, 9.17) is 0 Å². The molecule has 0 aliphatic carbocycles. The predicted molar refractivity (Wildman–Crippen MR) is 80.8 cm³/mol. The van der Waals surface area contributed by atoms with Gasteiger partial charge in [-0.15, -0.1) is 0 Å². The Bertz CT molecular complexity index is 826. The molecule has 4 aromatic carbocycles. The molecule has 0 spiro atoms. The predicted octanol–water partition coefficient (Wildman–Crippen LogP) is 4.64. The van der Waals surface area contributed by atoms with Gasteiger partial charge in [0.1, 0.15) is 0 Å². The zero-order valence-corrected chi connectivity index (χ0v) is 10.7. The molecule has 92 valence electrons. The summed E-state index contributed by atoms with van der Waals surface area (Å²) in [4.78, 5) is 0. The molecule has 0 aromatic heterocycles. The van der Waals surface area contributed by atoms with Crippen molar-refractivity contribution >= 4 is 32.3 Å². The van der Waals surface area contributed by atoms with E-state index in [-0.39, 0.29) is 0 Å². The first-order chi connectivity index (χ1) is 9.24. The van der Waals surface area contributed by atoms with Gasteiger partial charge in [-0.3, -0.25) is 0 Å². The molecule has 0 aliphatic heterocycles. The van der Waals surface area contributed by atoms with Crippen LogP contribution >= 0.6 is 0 Å². The summed E-state index contributed by atoms with van der Waals surface area (Å²) in [5.74, 6) is 0. The number of hydrogen-bond acceptors (Lipinski definition) is 1. The van der Waals surface area contributed by atoms with Crippen LogP contribution in [0, 0.1) is 0 Å². The molecule has 1 nitrogen and oxygen atoms in total. The third kappa shape index (κ3) is 1.45. The van der Waals surface area contributed by atoms with Gasteiger partial charge >= 0.3 is 0 Å². The highest BCUT2D eigenvalue weighted by molar-refractivity contribution is 6.23. The molecule has 1 heteroatoms. The third-order valence-electron chi connectivity index (χ3n) is 3.97. The first-order valence-electron chi connectivity index (χ1n) is 6.59. The SMILES string of the molecule is CC(O)c1cc2ccc3cccc4ccc(c1)c2c34. The second-order valence-corrected chi connectivity index (χ2v) is 5.23. The number of rotatable bonds is 1. The summed E-state index contributed by atoms with van der Waals surface area (Å²) < 4.78 is 0. The Morgan fingerprint density at radius 1 is 0.737 bits per heavy atom. The summed E-state index contributed by atoms with van der Waals surface area (Å²) in [5, 5.41) is 17.4. The molecule has 0 fully saturated rings. The van der Waals surface area contributed by atoms with Crippen LogP contribution in [-0.2, 0) is 0 Å². The van der Waals surface area contributed by atoms with Crippen LogP contribution in [0.15, 0.2) is 54.6 Å². The standard InChI is InChI=1S/C18H14O/c1-11(19)16-9-14-7-5-12-3-2-4-13-6-8-15(10-16)18(14)17(12)13/h2-11,19H,1H3. The molecule has 4 rings (SSSR count). The second kappa shape index (κ2) is 3.69. The molecule has 0 heterocycles. The summed E-state index contributed by atoms with van der Waals surface area (Å²) >= 11 is 0. The van der Waals surface area contributed by atoms with Gasteiger partial charge in [-0.05, 0) is 56.9 Å². The Morgan fingerprint density at radius 3 is 1.74 bits per heavy atom. The van der Waals surface area contributed by atoms with Gasteiger partial charge in [-0.25, -0.2) is 0 Å². The Hall–Kier alpha value is -2.12.